The third-order valence-corrected chi connectivity index (χ3v) is 6.60. The summed E-state index contributed by atoms with van der Waals surface area (Å²) in [7, 11) is 0. The molecule has 2 aliphatic rings. The van der Waals surface area contributed by atoms with E-state index in [4.69, 9.17) is 4.74 Å². The maximum absolute atomic E-state index is 12.9. The fraction of sp³-hybridized carbons (Fsp3) is 0.357. The zero-order valence-corrected chi connectivity index (χ0v) is 18.5. The molecule has 164 valence electrons. The minimum atomic E-state index is 0.158. The lowest BCUT2D eigenvalue weighted by molar-refractivity contribution is -0.119. The van der Waals surface area contributed by atoms with Crippen LogP contribution in [0.25, 0.3) is 0 Å². The van der Waals surface area contributed by atoms with Gasteiger partial charge in [0.25, 0.3) is 0 Å². The molecular formula is C28H30N2O2. The van der Waals surface area contributed by atoms with Crippen LogP contribution in [-0.4, -0.2) is 10.9 Å². The topological polar surface area (TPSA) is 42.4 Å². The molecule has 0 atom stereocenters. The van der Waals surface area contributed by atoms with E-state index in [1.165, 1.54) is 37.7 Å². The van der Waals surface area contributed by atoms with E-state index in [1.54, 1.807) is 6.20 Å². The van der Waals surface area contributed by atoms with Crippen molar-refractivity contribution in [1.29, 1.82) is 0 Å². The van der Waals surface area contributed by atoms with Crippen molar-refractivity contribution in [2.75, 3.05) is 4.90 Å². The summed E-state index contributed by atoms with van der Waals surface area (Å²) in [6.45, 7) is 0.534. The van der Waals surface area contributed by atoms with Gasteiger partial charge < -0.3 is 9.64 Å². The number of hydrogen-bond acceptors (Lipinski definition) is 3. The van der Waals surface area contributed by atoms with Gasteiger partial charge in [0.15, 0.2) is 0 Å². The Morgan fingerprint density at radius 2 is 1.56 bits per heavy atom. The van der Waals surface area contributed by atoms with Crippen molar-refractivity contribution < 1.29 is 9.53 Å². The Balaban J connectivity index is 1.27. The van der Waals surface area contributed by atoms with Gasteiger partial charge in [-0.2, -0.15) is 0 Å². The molecule has 0 radical (unpaired) electrons. The number of rotatable bonds is 7. The molecule has 1 heterocycles. The van der Waals surface area contributed by atoms with Crippen LogP contribution in [0.5, 0.6) is 11.5 Å². The molecule has 3 aromatic rings. The quantitative estimate of drug-likeness (QED) is 0.414. The number of anilines is 1. The van der Waals surface area contributed by atoms with Crippen molar-refractivity contribution in [2.24, 2.45) is 5.92 Å². The smallest absolute Gasteiger partial charge is 0.230 e. The first kappa shape index (κ1) is 20.7. The summed E-state index contributed by atoms with van der Waals surface area (Å²) in [5, 5.41) is 0. The van der Waals surface area contributed by atoms with Crippen LogP contribution in [0.2, 0.25) is 0 Å². The first-order chi connectivity index (χ1) is 15.8. The summed E-state index contributed by atoms with van der Waals surface area (Å²) >= 11 is 0. The molecule has 0 N–H and O–H groups in total. The van der Waals surface area contributed by atoms with E-state index in [9.17, 15) is 4.79 Å². The molecule has 32 heavy (non-hydrogen) atoms. The highest BCUT2D eigenvalue weighted by Crippen LogP contribution is 2.35. The van der Waals surface area contributed by atoms with E-state index in [1.807, 2.05) is 47.5 Å². The highest BCUT2D eigenvalue weighted by atomic mass is 16.5. The second kappa shape index (κ2) is 9.56. The Kier molecular flexibility index (Phi) is 6.20. The van der Waals surface area contributed by atoms with E-state index in [-0.39, 0.29) is 11.8 Å². The standard InChI is InChI=1S/C28H30N2O2/c31-28(24-8-9-24)30(20-21-5-4-18-29-19-21)25-12-16-27(17-13-25)32-26-14-10-23(11-15-26)22-6-2-1-3-7-22/h4-5,10-19,22,24H,1-3,6-9,20H2. The van der Waals surface area contributed by atoms with Crippen molar-refractivity contribution in [2.45, 2.75) is 57.4 Å². The summed E-state index contributed by atoms with van der Waals surface area (Å²) in [5.41, 5.74) is 3.35. The van der Waals surface area contributed by atoms with Crippen LogP contribution < -0.4 is 9.64 Å². The summed E-state index contributed by atoms with van der Waals surface area (Å²) < 4.78 is 6.08. The van der Waals surface area contributed by atoms with Gasteiger partial charge in [0.05, 0.1) is 6.54 Å². The number of carbonyl (C=O) groups excluding carboxylic acids is 1. The largest absolute Gasteiger partial charge is 0.457 e. The second-order valence-electron chi connectivity index (χ2n) is 9.06. The minimum absolute atomic E-state index is 0.158. The maximum atomic E-state index is 12.9. The predicted octanol–water partition coefficient (Wildman–Crippen LogP) is 6.86. The van der Waals surface area contributed by atoms with Gasteiger partial charge >= 0.3 is 0 Å². The third-order valence-electron chi connectivity index (χ3n) is 6.60. The SMILES string of the molecule is O=C(C1CC1)N(Cc1cccnc1)c1ccc(Oc2ccc(C3CCCCC3)cc2)cc1. The number of nitrogens with zero attached hydrogens (tertiary/aromatic N) is 2. The summed E-state index contributed by atoms with van der Waals surface area (Å²) in [4.78, 5) is 19.0. The molecule has 1 amide bonds. The third kappa shape index (κ3) is 5.01. The fourth-order valence-electron chi connectivity index (χ4n) is 4.60. The molecule has 2 saturated carbocycles. The van der Waals surface area contributed by atoms with Crippen LogP contribution in [0, 0.1) is 5.92 Å². The van der Waals surface area contributed by atoms with Gasteiger partial charge in [0.1, 0.15) is 11.5 Å². The van der Waals surface area contributed by atoms with Gasteiger partial charge in [-0.15, -0.1) is 0 Å². The van der Waals surface area contributed by atoms with Crippen LogP contribution in [0.3, 0.4) is 0 Å². The molecule has 1 aromatic heterocycles. The zero-order valence-electron chi connectivity index (χ0n) is 18.5. The number of carbonyl (C=O) groups is 1. The fourth-order valence-corrected chi connectivity index (χ4v) is 4.60. The molecule has 4 heteroatoms. The van der Waals surface area contributed by atoms with E-state index >= 15 is 0 Å². The van der Waals surface area contributed by atoms with Gasteiger partial charge in [-0.05, 0) is 85.2 Å². The zero-order chi connectivity index (χ0) is 21.8. The predicted molar refractivity (Wildman–Crippen MR) is 127 cm³/mol. The van der Waals surface area contributed by atoms with Crippen molar-refractivity contribution >= 4 is 11.6 Å². The molecule has 0 bridgehead atoms. The second-order valence-corrected chi connectivity index (χ2v) is 9.06. The molecule has 0 spiro atoms. The average molecular weight is 427 g/mol. The van der Waals surface area contributed by atoms with E-state index < -0.39 is 0 Å². The lowest BCUT2D eigenvalue weighted by Gasteiger charge is -2.23. The monoisotopic (exact) mass is 426 g/mol. The van der Waals surface area contributed by atoms with Gasteiger partial charge in [0.2, 0.25) is 5.91 Å². The van der Waals surface area contributed by atoms with Crippen molar-refractivity contribution in [3.8, 4) is 11.5 Å². The van der Waals surface area contributed by atoms with Crippen LogP contribution in [0.1, 0.15) is 62.0 Å². The summed E-state index contributed by atoms with van der Waals surface area (Å²) in [5.74, 6) is 2.68. The first-order valence-corrected chi connectivity index (χ1v) is 11.8. The Bertz CT molecular complexity index is 1020. The van der Waals surface area contributed by atoms with Gasteiger partial charge in [-0.3, -0.25) is 9.78 Å². The summed E-state index contributed by atoms with van der Waals surface area (Å²) in [6.07, 6.45) is 12.2. The highest BCUT2D eigenvalue weighted by molar-refractivity contribution is 5.96. The van der Waals surface area contributed by atoms with Gasteiger partial charge in [-0.25, -0.2) is 0 Å². The van der Waals surface area contributed by atoms with E-state index in [0.29, 0.717) is 12.5 Å². The molecule has 2 aliphatic carbocycles. The Hall–Kier alpha value is -3.14. The Morgan fingerprint density at radius 1 is 0.875 bits per heavy atom. The molecule has 0 saturated heterocycles. The summed E-state index contributed by atoms with van der Waals surface area (Å²) in [6, 6.07) is 20.3. The van der Waals surface area contributed by atoms with Crippen LogP contribution in [-0.2, 0) is 11.3 Å². The highest BCUT2D eigenvalue weighted by Gasteiger charge is 2.34. The molecule has 5 rings (SSSR count). The number of hydrogen-bond donors (Lipinski definition) is 0. The van der Waals surface area contributed by atoms with Crippen LogP contribution >= 0.6 is 0 Å². The number of benzene rings is 2. The number of aromatic nitrogens is 1. The Morgan fingerprint density at radius 3 is 2.19 bits per heavy atom. The number of amides is 1. The van der Waals surface area contributed by atoms with Gasteiger partial charge in [0, 0.05) is 24.0 Å². The van der Waals surface area contributed by atoms with E-state index in [0.717, 1.165) is 35.6 Å². The number of pyridine rings is 1. The molecule has 4 nitrogen and oxygen atoms in total. The molecule has 2 aromatic carbocycles. The van der Waals surface area contributed by atoms with Gasteiger partial charge in [-0.1, -0.05) is 37.5 Å². The Labute approximate surface area is 190 Å². The molecular weight excluding hydrogens is 396 g/mol. The molecule has 0 aliphatic heterocycles. The minimum Gasteiger partial charge on any atom is -0.457 e. The van der Waals surface area contributed by atoms with Crippen molar-refractivity contribution in [3.05, 3.63) is 84.2 Å². The van der Waals surface area contributed by atoms with Crippen molar-refractivity contribution in [3.63, 3.8) is 0 Å². The normalized spacial score (nSPS) is 16.5. The molecule has 2 fully saturated rings. The number of ether oxygens (including phenoxy) is 1. The lowest BCUT2D eigenvalue weighted by atomic mass is 9.84. The lowest BCUT2D eigenvalue weighted by Crippen LogP contribution is -2.31. The molecule has 0 unspecified atom stereocenters. The average Bonchev–Trinajstić information content (AvgIpc) is 3.70. The maximum Gasteiger partial charge on any atom is 0.230 e. The van der Waals surface area contributed by atoms with Crippen molar-refractivity contribution in [1.82, 2.24) is 4.98 Å². The van der Waals surface area contributed by atoms with Crippen LogP contribution in [0.15, 0.2) is 73.1 Å². The van der Waals surface area contributed by atoms with E-state index in [2.05, 4.69) is 29.2 Å². The first-order valence-electron chi connectivity index (χ1n) is 11.8. The van der Waals surface area contributed by atoms with Crippen LogP contribution in [0.4, 0.5) is 5.69 Å².